The summed E-state index contributed by atoms with van der Waals surface area (Å²) in [5, 5.41) is 12.6. The van der Waals surface area contributed by atoms with Crippen LogP contribution in [-0.4, -0.2) is 50.4 Å². The molecule has 4 atom stereocenters. The second-order valence-electron chi connectivity index (χ2n) is 9.60. The molecule has 30 heavy (non-hydrogen) atoms. The average molecular weight is 429 g/mol. The zero-order chi connectivity index (χ0) is 21.6. The number of hydrogen-bond donors (Lipinski definition) is 1. The first kappa shape index (κ1) is 21.7. The Bertz CT molecular complexity index is 809. The van der Waals surface area contributed by atoms with Crippen molar-refractivity contribution in [1.29, 1.82) is 0 Å². The van der Waals surface area contributed by atoms with Gasteiger partial charge in [-0.2, -0.15) is 0 Å². The Morgan fingerprint density at radius 2 is 1.40 bits per heavy atom. The monoisotopic (exact) mass is 428 g/mol. The molecule has 2 heterocycles. The summed E-state index contributed by atoms with van der Waals surface area (Å²) < 4.78 is 24.6. The van der Waals surface area contributed by atoms with E-state index in [0.29, 0.717) is 6.61 Å². The first-order valence-corrected chi connectivity index (χ1v) is 12.5. The Kier molecular flexibility index (Phi) is 5.68. The molecule has 162 valence electrons. The minimum atomic E-state index is -2.68. The van der Waals surface area contributed by atoms with Crippen LogP contribution in [0.3, 0.4) is 0 Å². The van der Waals surface area contributed by atoms with Crippen molar-refractivity contribution in [2.75, 3.05) is 6.61 Å². The van der Waals surface area contributed by atoms with Gasteiger partial charge in [0.15, 0.2) is 12.1 Å². The van der Waals surface area contributed by atoms with Crippen molar-refractivity contribution in [2.45, 2.75) is 70.0 Å². The van der Waals surface area contributed by atoms with Gasteiger partial charge in [-0.15, -0.1) is 0 Å². The lowest BCUT2D eigenvalue weighted by molar-refractivity contribution is -0.222. The molecule has 0 amide bonds. The van der Waals surface area contributed by atoms with Crippen LogP contribution in [0.2, 0.25) is 5.04 Å². The fourth-order valence-electron chi connectivity index (χ4n) is 4.76. The molecule has 3 unspecified atom stereocenters. The zero-order valence-corrected chi connectivity index (χ0v) is 19.4. The van der Waals surface area contributed by atoms with Crippen LogP contribution in [0.1, 0.15) is 34.6 Å². The fraction of sp³-hybridized carbons (Fsp3) is 0.500. The van der Waals surface area contributed by atoms with Gasteiger partial charge in [-0.05, 0) is 29.3 Å². The van der Waals surface area contributed by atoms with Crippen LogP contribution in [0.4, 0.5) is 0 Å². The molecule has 0 bridgehead atoms. The minimum Gasteiger partial charge on any atom is -0.405 e. The Labute approximate surface area is 180 Å². The largest absolute Gasteiger partial charge is 0.405 e. The predicted octanol–water partition coefficient (Wildman–Crippen LogP) is 2.80. The highest BCUT2D eigenvalue weighted by Crippen LogP contribution is 2.40. The van der Waals surface area contributed by atoms with E-state index in [2.05, 4.69) is 69.3 Å². The van der Waals surface area contributed by atoms with Crippen molar-refractivity contribution in [3.05, 3.63) is 60.7 Å². The van der Waals surface area contributed by atoms with E-state index in [1.807, 2.05) is 26.0 Å². The van der Waals surface area contributed by atoms with Gasteiger partial charge >= 0.3 is 0 Å². The van der Waals surface area contributed by atoms with Crippen molar-refractivity contribution in [3.63, 3.8) is 0 Å². The fourth-order valence-corrected chi connectivity index (χ4v) is 9.33. The molecule has 2 fully saturated rings. The topological polar surface area (TPSA) is 57.2 Å². The molecule has 0 spiro atoms. The van der Waals surface area contributed by atoms with Crippen LogP contribution in [-0.2, 0) is 18.6 Å². The molecule has 1 N–H and O–H groups in total. The number of rotatable bonds is 5. The van der Waals surface area contributed by atoms with E-state index < -0.39 is 32.6 Å². The van der Waals surface area contributed by atoms with E-state index in [1.165, 1.54) is 10.4 Å². The molecule has 2 aliphatic heterocycles. The molecule has 2 aliphatic rings. The maximum Gasteiger partial charge on any atom is 0.261 e. The SMILES string of the molecule is CC1(C)OC2C(O)OC(CO[Si](c3ccccc3)(c3ccccc3)C(C)(C)C)[C@H]2O1. The summed E-state index contributed by atoms with van der Waals surface area (Å²) in [6.07, 6.45) is -2.25. The molecule has 2 saturated heterocycles. The summed E-state index contributed by atoms with van der Waals surface area (Å²) >= 11 is 0. The van der Waals surface area contributed by atoms with Crippen molar-refractivity contribution in [3.8, 4) is 0 Å². The Hall–Kier alpha value is -1.54. The van der Waals surface area contributed by atoms with Crippen LogP contribution < -0.4 is 10.4 Å². The summed E-state index contributed by atoms with van der Waals surface area (Å²) in [7, 11) is -2.68. The standard InChI is InChI=1S/C24H32O5Si/c1-23(2,3)30(17-12-8-6-9-13-17,18-14-10-7-11-15-18)26-16-19-20-21(22(25)27-19)29-24(4,5)28-20/h6-15,19-22,25H,16H2,1-5H3/t19?,20-,21?,22?/m1/s1. The van der Waals surface area contributed by atoms with Crippen LogP contribution in [0, 0.1) is 0 Å². The van der Waals surface area contributed by atoms with Crippen molar-refractivity contribution < 1.29 is 23.7 Å². The summed E-state index contributed by atoms with van der Waals surface area (Å²) in [5.74, 6) is -0.740. The molecule has 2 aromatic carbocycles. The second-order valence-corrected chi connectivity index (χ2v) is 13.9. The summed E-state index contributed by atoms with van der Waals surface area (Å²) in [5.41, 5.74) is 0. The summed E-state index contributed by atoms with van der Waals surface area (Å²) in [4.78, 5) is 0. The Balaban J connectivity index is 1.69. The van der Waals surface area contributed by atoms with Gasteiger partial charge in [0.25, 0.3) is 8.32 Å². The third kappa shape index (κ3) is 3.77. The first-order chi connectivity index (χ1) is 14.1. The van der Waals surface area contributed by atoms with Crippen molar-refractivity contribution in [2.24, 2.45) is 0 Å². The zero-order valence-electron chi connectivity index (χ0n) is 18.4. The van der Waals surface area contributed by atoms with Gasteiger partial charge in [0.05, 0.1) is 6.61 Å². The molecule has 0 aliphatic carbocycles. The molecule has 0 saturated carbocycles. The third-order valence-electron chi connectivity index (χ3n) is 6.01. The van der Waals surface area contributed by atoms with E-state index >= 15 is 0 Å². The van der Waals surface area contributed by atoms with Gasteiger partial charge in [-0.25, -0.2) is 0 Å². The molecule has 0 aromatic heterocycles. The van der Waals surface area contributed by atoms with Crippen LogP contribution in [0.5, 0.6) is 0 Å². The highest BCUT2D eigenvalue weighted by Gasteiger charge is 2.56. The third-order valence-corrected chi connectivity index (χ3v) is 11.0. The average Bonchev–Trinajstić information content (AvgIpc) is 3.17. The normalized spacial score (nSPS) is 28.5. The van der Waals surface area contributed by atoms with Crippen LogP contribution >= 0.6 is 0 Å². The van der Waals surface area contributed by atoms with E-state index in [-0.39, 0.29) is 11.1 Å². The van der Waals surface area contributed by atoms with Crippen molar-refractivity contribution >= 4 is 18.7 Å². The smallest absolute Gasteiger partial charge is 0.261 e. The predicted molar refractivity (Wildman–Crippen MR) is 118 cm³/mol. The van der Waals surface area contributed by atoms with Gasteiger partial charge in [0.2, 0.25) is 0 Å². The van der Waals surface area contributed by atoms with Crippen LogP contribution in [0.15, 0.2) is 60.7 Å². The van der Waals surface area contributed by atoms with Gasteiger partial charge in [0, 0.05) is 0 Å². The lowest BCUT2D eigenvalue weighted by Gasteiger charge is -2.43. The molecule has 0 radical (unpaired) electrons. The van der Waals surface area contributed by atoms with E-state index in [1.54, 1.807) is 0 Å². The molecule has 2 aromatic rings. The van der Waals surface area contributed by atoms with Gasteiger partial charge < -0.3 is 23.7 Å². The Morgan fingerprint density at radius 3 is 1.90 bits per heavy atom. The maximum atomic E-state index is 10.4. The number of aliphatic hydroxyl groups is 1. The molecular formula is C24H32O5Si. The van der Waals surface area contributed by atoms with E-state index in [4.69, 9.17) is 18.6 Å². The number of benzene rings is 2. The molecular weight excluding hydrogens is 396 g/mol. The number of ether oxygens (including phenoxy) is 3. The van der Waals surface area contributed by atoms with E-state index in [0.717, 1.165) is 0 Å². The van der Waals surface area contributed by atoms with Crippen molar-refractivity contribution in [1.82, 2.24) is 0 Å². The molecule has 6 heteroatoms. The molecule has 4 rings (SSSR count). The second kappa shape index (κ2) is 7.86. The maximum absolute atomic E-state index is 10.4. The quantitative estimate of drug-likeness (QED) is 0.742. The summed E-state index contributed by atoms with van der Waals surface area (Å²) in [6.45, 7) is 10.8. The Morgan fingerprint density at radius 1 is 0.900 bits per heavy atom. The van der Waals surface area contributed by atoms with Crippen LogP contribution in [0.25, 0.3) is 0 Å². The lowest BCUT2D eigenvalue weighted by Crippen LogP contribution is -2.67. The van der Waals surface area contributed by atoms with Gasteiger partial charge in [-0.1, -0.05) is 81.4 Å². The number of fused-ring (bicyclic) bond motifs is 1. The molecule has 5 nitrogen and oxygen atoms in total. The number of hydrogen-bond acceptors (Lipinski definition) is 5. The highest BCUT2D eigenvalue weighted by atomic mass is 28.4. The highest BCUT2D eigenvalue weighted by molar-refractivity contribution is 6.99. The van der Waals surface area contributed by atoms with E-state index in [9.17, 15) is 5.11 Å². The summed E-state index contributed by atoms with van der Waals surface area (Å²) in [6, 6.07) is 21.0. The lowest BCUT2D eigenvalue weighted by atomic mass is 10.1. The first-order valence-electron chi connectivity index (χ1n) is 10.6. The van der Waals surface area contributed by atoms with Gasteiger partial charge in [-0.3, -0.25) is 0 Å². The van der Waals surface area contributed by atoms with Gasteiger partial charge in [0.1, 0.15) is 18.3 Å². The number of aliphatic hydroxyl groups excluding tert-OH is 1. The minimum absolute atomic E-state index is 0.126.